The first-order chi connectivity index (χ1) is 7.85. The Morgan fingerprint density at radius 1 is 1.24 bits per heavy atom. The lowest BCUT2D eigenvalue weighted by atomic mass is 9.59. The molecule has 17 heavy (non-hydrogen) atoms. The molecule has 1 fully saturated rings. The summed E-state index contributed by atoms with van der Waals surface area (Å²) in [7, 11) is 2.11. The number of nitrogens with one attached hydrogen (secondary N) is 1. The average Bonchev–Trinajstić information content (AvgIpc) is 2.27. The van der Waals surface area contributed by atoms with Crippen LogP contribution in [0, 0.1) is 22.7 Å². The van der Waals surface area contributed by atoms with E-state index in [-0.39, 0.29) is 0 Å². The molecule has 1 aliphatic rings. The van der Waals surface area contributed by atoms with Crippen LogP contribution in [-0.2, 0) is 0 Å². The van der Waals surface area contributed by atoms with Gasteiger partial charge in [0.15, 0.2) is 0 Å². The van der Waals surface area contributed by atoms with E-state index in [1.807, 2.05) is 0 Å². The maximum absolute atomic E-state index is 3.45. The zero-order valence-corrected chi connectivity index (χ0v) is 12.9. The summed E-state index contributed by atoms with van der Waals surface area (Å²) in [5, 5.41) is 3.45. The molecule has 102 valence electrons. The lowest BCUT2D eigenvalue weighted by Gasteiger charge is -2.47. The van der Waals surface area contributed by atoms with Crippen molar-refractivity contribution in [3.8, 4) is 0 Å². The Morgan fingerprint density at radius 3 is 2.12 bits per heavy atom. The molecule has 1 saturated carbocycles. The van der Waals surface area contributed by atoms with Crippen LogP contribution in [0.25, 0.3) is 0 Å². The molecule has 0 aliphatic heterocycles. The van der Waals surface area contributed by atoms with Gasteiger partial charge in [-0.15, -0.1) is 0 Å². The van der Waals surface area contributed by atoms with E-state index in [9.17, 15) is 0 Å². The van der Waals surface area contributed by atoms with Crippen LogP contribution >= 0.6 is 0 Å². The Balaban J connectivity index is 2.67. The highest BCUT2D eigenvalue weighted by atomic mass is 14.8. The predicted octanol–water partition coefficient (Wildman–Crippen LogP) is 4.47. The Bertz CT molecular complexity index is 218. The van der Waals surface area contributed by atoms with E-state index in [2.05, 4.69) is 47.0 Å². The fourth-order valence-corrected chi connectivity index (χ4v) is 3.69. The third-order valence-electron chi connectivity index (χ3n) is 5.39. The quantitative estimate of drug-likeness (QED) is 0.763. The van der Waals surface area contributed by atoms with Gasteiger partial charge < -0.3 is 5.32 Å². The molecule has 0 saturated heterocycles. The minimum atomic E-state index is 0.501. The minimum Gasteiger partial charge on any atom is -0.319 e. The number of rotatable bonds is 4. The zero-order chi connectivity index (χ0) is 13.1. The Hall–Kier alpha value is -0.0400. The molecule has 0 aromatic carbocycles. The van der Waals surface area contributed by atoms with Crippen molar-refractivity contribution >= 4 is 0 Å². The van der Waals surface area contributed by atoms with Gasteiger partial charge in [-0.1, -0.05) is 41.0 Å². The van der Waals surface area contributed by atoms with Crippen molar-refractivity contribution in [2.24, 2.45) is 22.7 Å². The molecule has 0 heterocycles. The van der Waals surface area contributed by atoms with Gasteiger partial charge in [0, 0.05) is 6.54 Å². The monoisotopic (exact) mass is 239 g/mol. The van der Waals surface area contributed by atoms with E-state index >= 15 is 0 Å². The smallest absolute Gasteiger partial charge is 0.000736 e. The average molecular weight is 239 g/mol. The Kier molecular flexibility index (Phi) is 5.07. The molecule has 1 aliphatic carbocycles. The van der Waals surface area contributed by atoms with Crippen LogP contribution in [0.2, 0.25) is 0 Å². The van der Waals surface area contributed by atoms with Crippen LogP contribution in [0.15, 0.2) is 0 Å². The van der Waals surface area contributed by atoms with Crippen molar-refractivity contribution in [2.45, 2.75) is 66.7 Å². The zero-order valence-electron chi connectivity index (χ0n) is 12.9. The highest BCUT2D eigenvalue weighted by Crippen LogP contribution is 2.49. The fourth-order valence-electron chi connectivity index (χ4n) is 3.69. The van der Waals surface area contributed by atoms with Gasteiger partial charge in [-0.3, -0.25) is 0 Å². The molecule has 0 aromatic rings. The number of hydrogen-bond acceptors (Lipinski definition) is 1. The van der Waals surface area contributed by atoms with E-state index in [1.165, 1.54) is 38.6 Å². The van der Waals surface area contributed by atoms with Gasteiger partial charge in [-0.25, -0.2) is 0 Å². The van der Waals surface area contributed by atoms with Gasteiger partial charge in [0.25, 0.3) is 0 Å². The van der Waals surface area contributed by atoms with Gasteiger partial charge in [0.05, 0.1) is 0 Å². The van der Waals surface area contributed by atoms with Crippen LogP contribution in [0.4, 0.5) is 0 Å². The first-order valence-electron chi connectivity index (χ1n) is 7.50. The molecule has 0 aromatic heterocycles. The van der Waals surface area contributed by atoms with Crippen LogP contribution < -0.4 is 5.32 Å². The van der Waals surface area contributed by atoms with Crippen LogP contribution in [-0.4, -0.2) is 13.6 Å². The molecular weight excluding hydrogens is 206 g/mol. The largest absolute Gasteiger partial charge is 0.319 e. The van der Waals surface area contributed by atoms with E-state index in [0.29, 0.717) is 10.8 Å². The highest BCUT2D eigenvalue weighted by molar-refractivity contribution is 4.92. The summed E-state index contributed by atoms with van der Waals surface area (Å²) in [4.78, 5) is 0. The second-order valence-corrected chi connectivity index (χ2v) is 7.34. The molecule has 1 unspecified atom stereocenters. The molecule has 1 N–H and O–H groups in total. The Morgan fingerprint density at radius 2 is 1.76 bits per heavy atom. The van der Waals surface area contributed by atoms with Gasteiger partial charge >= 0.3 is 0 Å². The predicted molar refractivity (Wildman–Crippen MR) is 77.2 cm³/mol. The summed E-state index contributed by atoms with van der Waals surface area (Å²) < 4.78 is 0. The van der Waals surface area contributed by atoms with Gasteiger partial charge in [-0.05, 0) is 55.4 Å². The van der Waals surface area contributed by atoms with Gasteiger partial charge in [0.1, 0.15) is 0 Å². The molecule has 0 bridgehead atoms. The van der Waals surface area contributed by atoms with Crippen molar-refractivity contribution in [1.82, 2.24) is 5.32 Å². The third-order valence-corrected chi connectivity index (χ3v) is 5.39. The first kappa shape index (κ1) is 15.0. The summed E-state index contributed by atoms with van der Waals surface area (Å²) in [5.74, 6) is 1.78. The van der Waals surface area contributed by atoms with Crippen LogP contribution in [0.1, 0.15) is 66.7 Å². The van der Waals surface area contributed by atoms with E-state index in [0.717, 1.165) is 11.8 Å². The normalized spacial score (nSPS) is 32.5. The summed E-state index contributed by atoms with van der Waals surface area (Å²) in [5.41, 5.74) is 1.08. The molecule has 0 spiro atoms. The summed E-state index contributed by atoms with van der Waals surface area (Å²) >= 11 is 0. The lowest BCUT2D eigenvalue weighted by Crippen LogP contribution is -2.42. The molecule has 0 radical (unpaired) electrons. The van der Waals surface area contributed by atoms with Crippen molar-refractivity contribution in [2.75, 3.05) is 13.6 Å². The van der Waals surface area contributed by atoms with E-state index < -0.39 is 0 Å². The summed E-state index contributed by atoms with van der Waals surface area (Å²) in [6.45, 7) is 13.2. The van der Waals surface area contributed by atoms with Gasteiger partial charge in [0.2, 0.25) is 0 Å². The van der Waals surface area contributed by atoms with E-state index in [4.69, 9.17) is 0 Å². The van der Waals surface area contributed by atoms with Crippen molar-refractivity contribution < 1.29 is 0 Å². The second-order valence-electron chi connectivity index (χ2n) is 7.34. The topological polar surface area (TPSA) is 12.0 Å². The standard InChI is InChI=1S/C16H33N/c1-7-13(2)16(12-17-6)10-8-14(9-11-16)15(3,4)5/h13-14,17H,7-12H2,1-6H3. The molecule has 1 rings (SSSR count). The first-order valence-corrected chi connectivity index (χ1v) is 7.50. The summed E-state index contributed by atoms with van der Waals surface area (Å²) in [6, 6.07) is 0. The number of hydrogen-bond donors (Lipinski definition) is 1. The molecule has 1 heteroatoms. The highest BCUT2D eigenvalue weighted by Gasteiger charge is 2.40. The van der Waals surface area contributed by atoms with Crippen LogP contribution in [0.5, 0.6) is 0 Å². The molecule has 1 atom stereocenters. The van der Waals surface area contributed by atoms with Crippen molar-refractivity contribution in [3.05, 3.63) is 0 Å². The Labute approximate surface area is 109 Å². The van der Waals surface area contributed by atoms with E-state index in [1.54, 1.807) is 0 Å². The maximum atomic E-state index is 3.45. The van der Waals surface area contributed by atoms with Crippen molar-refractivity contribution in [1.29, 1.82) is 0 Å². The SMILES string of the molecule is CCC(C)C1(CNC)CCC(C(C)(C)C)CC1. The van der Waals surface area contributed by atoms with Crippen molar-refractivity contribution in [3.63, 3.8) is 0 Å². The molecule has 0 amide bonds. The maximum Gasteiger partial charge on any atom is 0.000736 e. The fraction of sp³-hybridized carbons (Fsp3) is 1.00. The molecule has 1 nitrogen and oxygen atoms in total. The summed E-state index contributed by atoms with van der Waals surface area (Å²) in [6.07, 6.45) is 7.02. The van der Waals surface area contributed by atoms with Crippen LogP contribution in [0.3, 0.4) is 0 Å². The van der Waals surface area contributed by atoms with Gasteiger partial charge in [-0.2, -0.15) is 0 Å². The minimum absolute atomic E-state index is 0.501. The lowest BCUT2D eigenvalue weighted by molar-refractivity contribution is 0.0449. The molecular formula is C16H33N. The third kappa shape index (κ3) is 3.47. The second kappa shape index (κ2) is 5.73.